The Kier molecular flexibility index (Phi) is 2.30. The molecule has 2 nitrogen and oxygen atoms in total. The monoisotopic (exact) mass is 178 g/mol. The third-order valence-electron chi connectivity index (χ3n) is 2.18. The number of hydrogen-bond acceptors (Lipinski definition) is 2. The zero-order valence-corrected chi connectivity index (χ0v) is 9.06. The smallest absolute Gasteiger partial charge is 0.195 e. The average Bonchev–Trinajstić information content (AvgIpc) is 1.83. The Labute approximate surface area is 73.5 Å². The Hall–Kier alpha value is 0.137. The van der Waals surface area contributed by atoms with Gasteiger partial charge in [0.2, 0.25) is 0 Å². The van der Waals surface area contributed by atoms with Crippen LogP contribution in [0.4, 0.5) is 0 Å². The number of hydrogen-bond donors (Lipinski definition) is 1. The molecule has 0 saturated carbocycles. The zero-order chi connectivity index (χ0) is 10.9. The highest BCUT2D eigenvalue weighted by Crippen LogP contribution is 2.36. The van der Waals surface area contributed by atoms with E-state index in [1.807, 2.05) is 33.9 Å². The minimum Gasteiger partial charge on any atom is -0.393 e. The van der Waals surface area contributed by atoms with Gasteiger partial charge in [-0.05, 0) is 25.0 Å². The van der Waals surface area contributed by atoms with Crippen molar-refractivity contribution in [2.75, 3.05) is 0 Å². The van der Waals surface area contributed by atoms with Gasteiger partial charge in [0.1, 0.15) is 6.27 Å². The minimum atomic E-state index is -2.12. The molecule has 1 atom stereocenters. The molecule has 0 radical (unpaired) electrons. The van der Waals surface area contributed by atoms with Crippen LogP contribution in [0.15, 0.2) is 0 Å². The molecule has 0 aliphatic heterocycles. The fourth-order valence-electron chi connectivity index (χ4n) is 0.448. The molecule has 0 aromatic carbocycles. The highest BCUT2D eigenvalue weighted by Gasteiger charge is 2.38. The summed E-state index contributed by atoms with van der Waals surface area (Å²) in [6.07, 6.45) is -2.04. The first kappa shape index (κ1) is 7.77. The topological polar surface area (TPSA) is 29.5 Å². The SMILES string of the molecule is [2H]CC([2H])(O)O[Si](C)(C)C(C)(C)C. The first-order chi connectivity index (χ1) is 5.52. The van der Waals surface area contributed by atoms with Crippen LogP contribution >= 0.6 is 0 Å². The van der Waals surface area contributed by atoms with E-state index in [1.165, 1.54) is 0 Å². The second kappa shape index (κ2) is 3.25. The predicted octanol–water partition coefficient (Wildman–Crippen LogP) is 2.35. The first-order valence-electron chi connectivity index (χ1n) is 4.94. The van der Waals surface area contributed by atoms with Gasteiger partial charge in [0.05, 0.1) is 1.37 Å². The van der Waals surface area contributed by atoms with Crippen molar-refractivity contribution in [1.82, 2.24) is 0 Å². The maximum atomic E-state index is 9.31. The van der Waals surface area contributed by atoms with Crippen LogP contribution in [0.25, 0.3) is 0 Å². The molecule has 0 rings (SSSR count). The van der Waals surface area contributed by atoms with Gasteiger partial charge in [-0.1, -0.05) is 20.8 Å². The molecular formula is C8H20O2Si. The van der Waals surface area contributed by atoms with Crippen molar-refractivity contribution in [2.45, 2.75) is 52.1 Å². The van der Waals surface area contributed by atoms with Gasteiger partial charge < -0.3 is 9.53 Å². The third kappa shape index (κ3) is 3.36. The van der Waals surface area contributed by atoms with Gasteiger partial charge in [-0.3, -0.25) is 0 Å². The molecule has 0 fully saturated rings. The van der Waals surface area contributed by atoms with E-state index < -0.39 is 21.5 Å². The van der Waals surface area contributed by atoms with Crippen LogP contribution < -0.4 is 0 Å². The molecule has 0 aromatic heterocycles. The summed E-state index contributed by atoms with van der Waals surface area (Å²) in [6, 6.07) is 0. The molecule has 1 unspecified atom stereocenters. The van der Waals surface area contributed by atoms with Crippen LogP contribution in [0, 0.1) is 0 Å². The molecule has 0 amide bonds. The highest BCUT2D eigenvalue weighted by atomic mass is 28.4. The van der Waals surface area contributed by atoms with Crippen LogP contribution in [0.3, 0.4) is 0 Å². The molecule has 0 aromatic rings. The summed E-state index contributed by atoms with van der Waals surface area (Å²) in [6.45, 7) is 9.53. The van der Waals surface area contributed by atoms with E-state index in [1.54, 1.807) is 0 Å². The summed E-state index contributed by atoms with van der Waals surface area (Å²) < 4.78 is 19.6. The van der Waals surface area contributed by atoms with Gasteiger partial charge in [-0.25, -0.2) is 0 Å². The molecule has 0 spiro atoms. The molecule has 68 valence electrons. The molecule has 11 heavy (non-hydrogen) atoms. The quantitative estimate of drug-likeness (QED) is 0.519. The van der Waals surface area contributed by atoms with E-state index in [0.717, 1.165) is 0 Å². The second-order valence-electron chi connectivity index (χ2n) is 4.26. The van der Waals surface area contributed by atoms with Crippen molar-refractivity contribution in [1.29, 1.82) is 0 Å². The van der Waals surface area contributed by atoms with Crippen molar-refractivity contribution in [3.8, 4) is 0 Å². The zero-order valence-electron chi connectivity index (χ0n) is 10.1. The van der Waals surface area contributed by atoms with Gasteiger partial charge in [0.25, 0.3) is 0 Å². The van der Waals surface area contributed by atoms with E-state index >= 15 is 0 Å². The lowest BCUT2D eigenvalue weighted by atomic mass is 10.2. The molecule has 3 heteroatoms. The van der Waals surface area contributed by atoms with Crippen molar-refractivity contribution >= 4 is 8.32 Å². The first-order valence-corrected chi connectivity index (χ1v) is 6.64. The summed E-state index contributed by atoms with van der Waals surface area (Å²) in [5.41, 5.74) is 0. The van der Waals surface area contributed by atoms with Crippen LogP contribution in [0.2, 0.25) is 18.1 Å². The number of rotatable bonds is 2. The molecule has 1 N–H and O–H groups in total. The van der Waals surface area contributed by atoms with Crippen LogP contribution in [-0.4, -0.2) is 19.7 Å². The van der Waals surface area contributed by atoms with Gasteiger partial charge in [0, 0.05) is 1.37 Å². The molecular weight excluding hydrogens is 156 g/mol. The Morgan fingerprint density at radius 1 is 1.55 bits per heavy atom. The summed E-state index contributed by atoms with van der Waals surface area (Å²) in [5.74, 6) is 0. The van der Waals surface area contributed by atoms with Crippen molar-refractivity contribution in [2.24, 2.45) is 0 Å². The van der Waals surface area contributed by atoms with Crippen molar-refractivity contribution in [3.05, 3.63) is 0 Å². The molecule has 0 aliphatic carbocycles. The van der Waals surface area contributed by atoms with Gasteiger partial charge >= 0.3 is 0 Å². The summed E-state index contributed by atoms with van der Waals surface area (Å²) in [4.78, 5) is 0. The lowest BCUT2D eigenvalue weighted by Crippen LogP contribution is -2.43. The van der Waals surface area contributed by atoms with E-state index in [2.05, 4.69) is 0 Å². The Balaban J connectivity index is 4.52. The largest absolute Gasteiger partial charge is 0.393 e. The van der Waals surface area contributed by atoms with Crippen LogP contribution in [0.5, 0.6) is 0 Å². The molecule has 0 heterocycles. The van der Waals surface area contributed by atoms with Crippen LogP contribution in [-0.2, 0) is 4.43 Å². The fraction of sp³-hybridized carbons (Fsp3) is 1.00. The maximum absolute atomic E-state index is 9.31. The minimum absolute atomic E-state index is 0.0444. The molecule has 0 saturated heterocycles. The maximum Gasteiger partial charge on any atom is 0.195 e. The molecule has 0 aliphatic rings. The fourth-order valence-corrected chi connectivity index (χ4v) is 1.34. The van der Waals surface area contributed by atoms with E-state index in [-0.39, 0.29) is 5.04 Å². The Morgan fingerprint density at radius 3 is 2.27 bits per heavy atom. The predicted molar refractivity (Wildman–Crippen MR) is 50.0 cm³/mol. The van der Waals surface area contributed by atoms with Gasteiger partial charge in [-0.2, -0.15) is 0 Å². The van der Waals surface area contributed by atoms with Crippen LogP contribution in [0.1, 0.15) is 30.4 Å². The standard InChI is InChI=1S/C8H20O2Si/c1-7(9)10-11(5,6)8(2,3)4/h7,9H,1-6H3/i1D,7D. The average molecular weight is 178 g/mol. The van der Waals surface area contributed by atoms with Crippen molar-refractivity contribution in [3.63, 3.8) is 0 Å². The summed E-state index contributed by atoms with van der Waals surface area (Å²) in [5, 5.41) is 9.27. The van der Waals surface area contributed by atoms with Gasteiger partial charge in [0.15, 0.2) is 8.32 Å². The van der Waals surface area contributed by atoms with Gasteiger partial charge in [-0.15, -0.1) is 0 Å². The van der Waals surface area contributed by atoms with E-state index in [4.69, 9.17) is 7.17 Å². The molecule has 0 bridgehead atoms. The Morgan fingerprint density at radius 2 is 2.00 bits per heavy atom. The highest BCUT2D eigenvalue weighted by molar-refractivity contribution is 6.74. The van der Waals surface area contributed by atoms with E-state index in [0.29, 0.717) is 0 Å². The summed E-state index contributed by atoms with van der Waals surface area (Å²) >= 11 is 0. The van der Waals surface area contributed by atoms with E-state index in [9.17, 15) is 5.11 Å². The van der Waals surface area contributed by atoms with Crippen molar-refractivity contribution < 1.29 is 12.3 Å². The summed E-state index contributed by atoms with van der Waals surface area (Å²) in [7, 11) is -2.12. The second-order valence-corrected chi connectivity index (χ2v) is 8.98. The third-order valence-corrected chi connectivity index (χ3v) is 6.54. The lowest BCUT2D eigenvalue weighted by Gasteiger charge is -2.37. The Bertz CT molecular complexity index is 175. The number of aliphatic hydroxyl groups is 1. The lowest BCUT2D eigenvalue weighted by molar-refractivity contribution is -0.0116. The normalized spacial score (nSPS) is 22.0.